The van der Waals surface area contributed by atoms with E-state index in [1.54, 1.807) is 4.90 Å². The molecule has 0 saturated carbocycles. The van der Waals surface area contributed by atoms with E-state index in [2.05, 4.69) is 26.1 Å². The number of hydrogen-bond acceptors (Lipinski definition) is 3. The highest BCUT2D eigenvalue weighted by atomic mass is 16.6. The Bertz CT molecular complexity index is 277. The average Bonchev–Trinajstić information content (AvgIpc) is 2.24. The molecule has 1 N–H and O–H groups in total. The number of carbonyl (C=O) groups is 1. The van der Waals surface area contributed by atoms with Crippen molar-refractivity contribution in [1.29, 1.82) is 0 Å². The summed E-state index contributed by atoms with van der Waals surface area (Å²) >= 11 is 0. The minimum atomic E-state index is -0.421. The van der Waals surface area contributed by atoms with Crippen molar-refractivity contribution in [2.75, 3.05) is 26.2 Å². The van der Waals surface area contributed by atoms with Crippen molar-refractivity contribution in [3.8, 4) is 0 Å². The second kappa shape index (κ2) is 8.50. The SMILES string of the molecule is CCN(CCCNCCC(C)(C)C)C(=O)OC(C)(C)C. The van der Waals surface area contributed by atoms with Crippen molar-refractivity contribution < 1.29 is 9.53 Å². The zero-order chi connectivity index (χ0) is 15.8. The van der Waals surface area contributed by atoms with Crippen molar-refractivity contribution in [3.05, 3.63) is 0 Å². The lowest BCUT2D eigenvalue weighted by molar-refractivity contribution is 0.0258. The predicted octanol–water partition coefficient (Wildman–Crippen LogP) is 3.66. The first-order chi connectivity index (χ1) is 9.05. The molecule has 0 saturated heterocycles. The van der Waals surface area contributed by atoms with E-state index in [0.717, 1.165) is 32.5 Å². The van der Waals surface area contributed by atoms with Gasteiger partial charge in [0.2, 0.25) is 0 Å². The fraction of sp³-hybridized carbons (Fsp3) is 0.938. The molecule has 120 valence electrons. The molecule has 0 heterocycles. The van der Waals surface area contributed by atoms with Crippen LogP contribution in [-0.4, -0.2) is 42.8 Å². The van der Waals surface area contributed by atoms with Crippen LogP contribution in [0, 0.1) is 5.41 Å². The summed E-state index contributed by atoms with van der Waals surface area (Å²) in [5.74, 6) is 0. The molecule has 0 aromatic rings. The van der Waals surface area contributed by atoms with E-state index in [0.29, 0.717) is 12.0 Å². The molecule has 0 atom stereocenters. The van der Waals surface area contributed by atoms with Crippen LogP contribution >= 0.6 is 0 Å². The van der Waals surface area contributed by atoms with Gasteiger partial charge in [0.05, 0.1) is 0 Å². The van der Waals surface area contributed by atoms with Crippen molar-refractivity contribution in [2.45, 2.75) is 66.9 Å². The summed E-state index contributed by atoms with van der Waals surface area (Å²) in [6.07, 6.45) is 1.91. The Morgan fingerprint density at radius 3 is 2.15 bits per heavy atom. The summed E-state index contributed by atoms with van der Waals surface area (Å²) in [6, 6.07) is 0. The van der Waals surface area contributed by atoms with Crippen LogP contribution in [0.1, 0.15) is 61.3 Å². The first-order valence-electron chi connectivity index (χ1n) is 7.74. The molecule has 0 bridgehead atoms. The molecule has 0 radical (unpaired) electrons. The standard InChI is InChI=1S/C16H34N2O2/c1-8-18(14(19)20-16(5,6)7)13-9-11-17-12-10-15(2,3)4/h17H,8-13H2,1-7H3. The maximum atomic E-state index is 11.9. The Hall–Kier alpha value is -0.770. The molecule has 20 heavy (non-hydrogen) atoms. The molecule has 0 aliphatic carbocycles. The third-order valence-corrected chi connectivity index (χ3v) is 2.87. The summed E-state index contributed by atoms with van der Waals surface area (Å²) < 4.78 is 5.38. The Morgan fingerprint density at radius 2 is 1.70 bits per heavy atom. The number of hydrogen-bond donors (Lipinski definition) is 1. The van der Waals surface area contributed by atoms with Gasteiger partial charge in [-0.25, -0.2) is 4.79 Å². The number of amides is 1. The maximum Gasteiger partial charge on any atom is 0.410 e. The van der Waals surface area contributed by atoms with Gasteiger partial charge in [0.1, 0.15) is 5.60 Å². The quantitative estimate of drug-likeness (QED) is 0.726. The minimum Gasteiger partial charge on any atom is -0.444 e. The van der Waals surface area contributed by atoms with Crippen molar-refractivity contribution in [3.63, 3.8) is 0 Å². The van der Waals surface area contributed by atoms with Crippen LogP contribution in [0.25, 0.3) is 0 Å². The van der Waals surface area contributed by atoms with Crippen LogP contribution < -0.4 is 5.32 Å². The highest BCUT2D eigenvalue weighted by Crippen LogP contribution is 2.16. The minimum absolute atomic E-state index is 0.213. The lowest BCUT2D eigenvalue weighted by Crippen LogP contribution is -2.38. The summed E-state index contributed by atoms with van der Waals surface area (Å²) in [6.45, 7) is 17.8. The molecule has 4 heteroatoms. The van der Waals surface area contributed by atoms with Crippen molar-refractivity contribution >= 4 is 6.09 Å². The number of nitrogens with zero attached hydrogens (tertiary/aromatic N) is 1. The smallest absolute Gasteiger partial charge is 0.410 e. The normalized spacial score (nSPS) is 12.3. The van der Waals surface area contributed by atoms with E-state index in [9.17, 15) is 4.79 Å². The zero-order valence-corrected chi connectivity index (χ0v) is 14.5. The summed E-state index contributed by atoms with van der Waals surface area (Å²) in [7, 11) is 0. The predicted molar refractivity (Wildman–Crippen MR) is 85.0 cm³/mol. The third-order valence-electron chi connectivity index (χ3n) is 2.87. The fourth-order valence-electron chi connectivity index (χ4n) is 1.69. The van der Waals surface area contributed by atoms with Gasteiger partial charge < -0.3 is 15.0 Å². The third kappa shape index (κ3) is 11.1. The van der Waals surface area contributed by atoms with Gasteiger partial charge in [0.25, 0.3) is 0 Å². The molecule has 0 spiro atoms. The van der Waals surface area contributed by atoms with Crippen LogP contribution in [0.2, 0.25) is 0 Å². The molecule has 0 unspecified atom stereocenters. The molecule has 0 fully saturated rings. The first kappa shape index (κ1) is 19.2. The van der Waals surface area contributed by atoms with E-state index in [1.807, 2.05) is 27.7 Å². The lowest BCUT2D eigenvalue weighted by Gasteiger charge is -2.26. The Labute approximate surface area is 125 Å². The van der Waals surface area contributed by atoms with E-state index < -0.39 is 5.60 Å². The Morgan fingerprint density at radius 1 is 1.10 bits per heavy atom. The van der Waals surface area contributed by atoms with Gasteiger partial charge in [-0.05, 0) is 59.0 Å². The molecular weight excluding hydrogens is 252 g/mol. The molecular formula is C16H34N2O2. The van der Waals surface area contributed by atoms with Crippen LogP contribution in [0.3, 0.4) is 0 Å². The summed E-state index contributed by atoms with van der Waals surface area (Å²) in [4.78, 5) is 13.7. The van der Waals surface area contributed by atoms with Gasteiger partial charge in [-0.2, -0.15) is 0 Å². The van der Waals surface area contributed by atoms with E-state index in [4.69, 9.17) is 4.74 Å². The van der Waals surface area contributed by atoms with E-state index in [-0.39, 0.29) is 6.09 Å². The highest BCUT2D eigenvalue weighted by Gasteiger charge is 2.20. The van der Waals surface area contributed by atoms with Crippen molar-refractivity contribution in [2.24, 2.45) is 5.41 Å². The molecule has 0 aromatic heterocycles. The van der Waals surface area contributed by atoms with Crippen LogP contribution in [-0.2, 0) is 4.74 Å². The van der Waals surface area contributed by atoms with E-state index in [1.165, 1.54) is 0 Å². The fourth-order valence-corrected chi connectivity index (χ4v) is 1.69. The highest BCUT2D eigenvalue weighted by molar-refractivity contribution is 5.68. The van der Waals surface area contributed by atoms with Crippen LogP contribution in [0.15, 0.2) is 0 Å². The van der Waals surface area contributed by atoms with E-state index >= 15 is 0 Å². The average molecular weight is 286 g/mol. The monoisotopic (exact) mass is 286 g/mol. The topological polar surface area (TPSA) is 41.6 Å². The summed E-state index contributed by atoms with van der Waals surface area (Å²) in [5, 5.41) is 3.43. The van der Waals surface area contributed by atoms with Gasteiger partial charge in [-0.1, -0.05) is 20.8 Å². The van der Waals surface area contributed by atoms with Crippen LogP contribution in [0.4, 0.5) is 4.79 Å². The number of nitrogens with one attached hydrogen (secondary N) is 1. The zero-order valence-electron chi connectivity index (χ0n) is 14.5. The Kier molecular flexibility index (Phi) is 8.17. The summed E-state index contributed by atoms with van der Waals surface area (Å²) in [5.41, 5.74) is -0.0472. The first-order valence-corrected chi connectivity index (χ1v) is 7.74. The lowest BCUT2D eigenvalue weighted by atomic mass is 9.92. The van der Waals surface area contributed by atoms with Crippen molar-refractivity contribution in [1.82, 2.24) is 10.2 Å². The molecule has 0 aliphatic heterocycles. The van der Waals surface area contributed by atoms with Gasteiger partial charge in [0, 0.05) is 13.1 Å². The largest absolute Gasteiger partial charge is 0.444 e. The molecule has 4 nitrogen and oxygen atoms in total. The Balaban J connectivity index is 3.83. The second-order valence-corrected chi connectivity index (χ2v) is 7.47. The number of carbonyl (C=O) groups excluding carboxylic acids is 1. The molecule has 1 amide bonds. The number of rotatable bonds is 7. The van der Waals surface area contributed by atoms with Gasteiger partial charge in [0.15, 0.2) is 0 Å². The molecule has 0 aromatic carbocycles. The second-order valence-electron chi connectivity index (χ2n) is 7.47. The molecule has 0 rings (SSSR count). The van der Waals surface area contributed by atoms with Gasteiger partial charge in [-0.15, -0.1) is 0 Å². The van der Waals surface area contributed by atoms with Gasteiger partial charge >= 0.3 is 6.09 Å². The van der Waals surface area contributed by atoms with Gasteiger partial charge in [-0.3, -0.25) is 0 Å². The van der Waals surface area contributed by atoms with Crippen LogP contribution in [0.5, 0.6) is 0 Å². The number of ether oxygens (including phenoxy) is 1. The molecule has 0 aliphatic rings. The maximum absolute atomic E-state index is 11.9.